The summed E-state index contributed by atoms with van der Waals surface area (Å²) in [6.45, 7) is 1.60. The zero-order chi connectivity index (χ0) is 14.4. The number of ether oxygens (including phenoxy) is 2. The minimum Gasteiger partial charge on any atom is -0.496 e. The molecule has 1 aromatic carbocycles. The highest BCUT2D eigenvalue weighted by molar-refractivity contribution is 5.79. The van der Waals surface area contributed by atoms with Gasteiger partial charge in [0.2, 0.25) is 0 Å². The number of hydrogen-bond donors (Lipinski definition) is 0. The van der Waals surface area contributed by atoms with Crippen molar-refractivity contribution in [3.63, 3.8) is 0 Å². The fraction of sp³-hybridized carbons (Fsp3) is 0.353. The van der Waals surface area contributed by atoms with E-state index in [1.807, 2.05) is 26.2 Å². The van der Waals surface area contributed by atoms with Crippen molar-refractivity contribution in [2.75, 3.05) is 34.4 Å². The monoisotopic (exact) mass is 272 g/mol. The van der Waals surface area contributed by atoms with Crippen LogP contribution in [0.25, 0.3) is 5.57 Å². The van der Waals surface area contributed by atoms with Crippen molar-refractivity contribution in [2.24, 2.45) is 0 Å². The Balaban J connectivity index is 2.09. The first-order chi connectivity index (χ1) is 9.70. The van der Waals surface area contributed by atoms with Crippen LogP contribution in [0, 0.1) is 6.42 Å². The van der Waals surface area contributed by atoms with Gasteiger partial charge in [0.15, 0.2) is 0 Å². The molecule has 0 bridgehead atoms. The maximum atomic E-state index is 5.78. The van der Waals surface area contributed by atoms with Crippen LogP contribution < -0.4 is 4.74 Å². The molecule has 1 aromatic rings. The summed E-state index contributed by atoms with van der Waals surface area (Å²) in [5.41, 5.74) is 2.23. The number of hydrogen-bond acceptors (Lipinski definition) is 3. The van der Waals surface area contributed by atoms with E-state index in [2.05, 4.69) is 35.6 Å². The van der Waals surface area contributed by atoms with Gasteiger partial charge in [-0.3, -0.25) is 0 Å². The van der Waals surface area contributed by atoms with Crippen molar-refractivity contribution in [3.8, 4) is 5.75 Å². The molecular formula is C17H22NO2. The van der Waals surface area contributed by atoms with Gasteiger partial charge in [-0.1, -0.05) is 18.2 Å². The van der Waals surface area contributed by atoms with E-state index in [1.54, 1.807) is 7.11 Å². The Morgan fingerprint density at radius 3 is 2.85 bits per heavy atom. The summed E-state index contributed by atoms with van der Waals surface area (Å²) in [7, 11) is 5.79. The zero-order valence-corrected chi connectivity index (χ0v) is 12.4. The van der Waals surface area contributed by atoms with Gasteiger partial charge in [-0.05, 0) is 50.7 Å². The summed E-state index contributed by atoms with van der Waals surface area (Å²) in [6, 6.07) is 8.15. The summed E-state index contributed by atoms with van der Waals surface area (Å²) in [5.74, 6) is 1.82. The predicted octanol–water partition coefficient (Wildman–Crippen LogP) is 3.15. The molecule has 0 saturated heterocycles. The molecule has 1 aliphatic carbocycles. The van der Waals surface area contributed by atoms with E-state index in [0.29, 0.717) is 6.61 Å². The molecule has 0 heterocycles. The highest BCUT2D eigenvalue weighted by Gasteiger charge is 2.12. The molecule has 3 nitrogen and oxygen atoms in total. The highest BCUT2D eigenvalue weighted by atomic mass is 16.5. The lowest BCUT2D eigenvalue weighted by molar-refractivity contribution is 0.261. The van der Waals surface area contributed by atoms with Crippen LogP contribution in [0.15, 0.2) is 42.2 Å². The smallest absolute Gasteiger partial charge is 0.122 e. The lowest BCUT2D eigenvalue weighted by Gasteiger charge is -2.16. The summed E-state index contributed by atoms with van der Waals surface area (Å²) in [6.07, 6.45) is 7.26. The van der Waals surface area contributed by atoms with Gasteiger partial charge < -0.3 is 14.4 Å². The van der Waals surface area contributed by atoms with Crippen LogP contribution in [0.2, 0.25) is 0 Å². The van der Waals surface area contributed by atoms with Crippen molar-refractivity contribution in [3.05, 3.63) is 54.2 Å². The number of likely N-dealkylation sites (N-methyl/N-ethyl adjacent to an activating group) is 1. The second-order valence-corrected chi connectivity index (χ2v) is 5.00. The molecule has 0 spiro atoms. The SMILES string of the molecule is COC1=CC[CH]C=C1c1cccc(OCCN(C)C)c1. The number of benzene rings is 1. The van der Waals surface area contributed by atoms with Gasteiger partial charge in [0.1, 0.15) is 18.1 Å². The summed E-state index contributed by atoms with van der Waals surface area (Å²) >= 11 is 0. The Bertz CT molecular complexity index is 503. The summed E-state index contributed by atoms with van der Waals surface area (Å²) in [4.78, 5) is 2.11. The van der Waals surface area contributed by atoms with Crippen LogP contribution in [-0.4, -0.2) is 39.3 Å². The van der Waals surface area contributed by atoms with Gasteiger partial charge in [-0.25, -0.2) is 0 Å². The van der Waals surface area contributed by atoms with Crippen LogP contribution >= 0.6 is 0 Å². The van der Waals surface area contributed by atoms with E-state index < -0.39 is 0 Å². The van der Waals surface area contributed by atoms with Gasteiger partial charge >= 0.3 is 0 Å². The largest absolute Gasteiger partial charge is 0.496 e. The Hall–Kier alpha value is -1.74. The van der Waals surface area contributed by atoms with Crippen molar-refractivity contribution in [1.82, 2.24) is 4.90 Å². The molecule has 3 heteroatoms. The quantitative estimate of drug-likeness (QED) is 0.794. The Morgan fingerprint density at radius 1 is 1.25 bits per heavy atom. The van der Waals surface area contributed by atoms with Crippen LogP contribution in [0.4, 0.5) is 0 Å². The van der Waals surface area contributed by atoms with Crippen molar-refractivity contribution >= 4 is 5.57 Å². The molecule has 0 unspecified atom stereocenters. The number of rotatable bonds is 6. The molecule has 1 aliphatic rings. The van der Waals surface area contributed by atoms with Gasteiger partial charge in [-0.2, -0.15) is 0 Å². The van der Waals surface area contributed by atoms with Gasteiger partial charge in [-0.15, -0.1) is 0 Å². The first kappa shape index (κ1) is 14.7. The number of methoxy groups -OCH3 is 1. The minimum atomic E-state index is 0.689. The molecule has 2 rings (SSSR count). The standard InChI is InChI=1S/C17H22NO2/c1-18(2)11-12-20-15-8-6-7-14(13-15)16-9-4-5-10-17(16)19-3/h4,6-10,13H,5,11-12H2,1-3H3. The van der Waals surface area contributed by atoms with E-state index >= 15 is 0 Å². The molecule has 0 fully saturated rings. The Kier molecular flexibility index (Phi) is 5.24. The van der Waals surface area contributed by atoms with Crippen LogP contribution in [0.1, 0.15) is 12.0 Å². The molecule has 20 heavy (non-hydrogen) atoms. The Morgan fingerprint density at radius 2 is 2.10 bits per heavy atom. The second kappa shape index (κ2) is 7.15. The third kappa shape index (κ3) is 3.87. The van der Waals surface area contributed by atoms with E-state index in [9.17, 15) is 0 Å². The van der Waals surface area contributed by atoms with E-state index in [1.165, 1.54) is 0 Å². The minimum absolute atomic E-state index is 0.689. The average molecular weight is 272 g/mol. The fourth-order valence-electron chi connectivity index (χ4n) is 2.08. The van der Waals surface area contributed by atoms with Crippen LogP contribution in [0.3, 0.4) is 0 Å². The third-order valence-electron chi connectivity index (χ3n) is 3.16. The molecule has 1 radical (unpaired) electrons. The van der Waals surface area contributed by atoms with Crippen molar-refractivity contribution < 1.29 is 9.47 Å². The maximum absolute atomic E-state index is 5.78. The molecule has 0 atom stereocenters. The third-order valence-corrected chi connectivity index (χ3v) is 3.16. The molecule has 0 amide bonds. The molecule has 0 aliphatic heterocycles. The Labute approximate surface area is 121 Å². The fourth-order valence-corrected chi connectivity index (χ4v) is 2.08. The van der Waals surface area contributed by atoms with Gasteiger partial charge in [0, 0.05) is 12.1 Å². The average Bonchev–Trinajstić information content (AvgIpc) is 2.47. The second-order valence-electron chi connectivity index (χ2n) is 5.00. The normalized spacial score (nSPS) is 14.8. The van der Waals surface area contributed by atoms with E-state index in [0.717, 1.165) is 35.6 Å². The lowest BCUT2D eigenvalue weighted by Crippen LogP contribution is -2.19. The molecule has 0 aromatic heterocycles. The molecule has 107 valence electrons. The van der Waals surface area contributed by atoms with Crippen LogP contribution in [0.5, 0.6) is 5.75 Å². The zero-order valence-electron chi connectivity index (χ0n) is 12.4. The first-order valence-electron chi connectivity index (χ1n) is 6.86. The van der Waals surface area contributed by atoms with Gasteiger partial charge in [0.25, 0.3) is 0 Å². The summed E-state index contributed by atoms with van der Waals surface area (Å²) in [5, 5.41) is 0. The number of allylic oxidation sites excluding steroid dienone is 3. The van der Waals surface area contributed by atoms with E-state index in [-0.39, 0.29) is 0 Å². The molecule has 0 saturated carbocycles. The van der Waals surface area contributed by atoms with Crippen LogP contribution in [-0.2, 0) is 4.74 Å². The molecule has 0 N–H and O–H groups in total. The molecular weight excluding hydrogens is 250 g/mol. The maximum Gasteiger partial charge on any atom is 0.122 e. The van der Waals surface area contributed by atoms with Crippen molar-refractivity contribution in [1.29, 1.82) is 0 Å². The summed E-state index contributed by atoms with van der Waals surface area (Å²) < 4.78 is 11.2. The van der Waals surface area contributed by atoms with Crippen molar-refractivity contribution in [2.45, 2.75) is 6.42 Å². The van der Waals surface area contributed by atoms with E-state index in [4.69, 9.17) is 9.47 Å². The first-order valence-corrected chi connectivity index (χ1v) is 6.86. The van der Waals surface area contributed by atoms with Gasteiger partial charge in [0.05, 0.1) is 7.11 Å². The highest BCUT2D eigenvalue weighted by Crippen LogP contribution is 2.30. The lowest BCUT2D eigenvalue weighted by atomic mass is 9.97. The topological polar surface area (TPSA) is 21.7 Å². The number of nitrogens with zero attached hydrogens (tertiary/aromatic N) is 1. The predicted molar refractivity (Wildman–Crippen MR) is 82.5 cm³/mol.